The van der Waals surface area contributed by atoms with Crippen molar-refractivity contribution >= 4 is 75.4 Å². The molecule has 5 nitrogen and oxygen atoms in total. The van der Waals surface area contributed by atoms with Gasteiger partial charge in [-0.25, -0.2) is 15.0 Å². The van der Waals surface area contributed by atoms with Gasteiger partial charge >= 0.3 is 0 Å². The number of ether oxygens (including phenoxy) is 1. The second-order valence-corrected chi connectivity index (χ2v) is 10.8. The molecule has 0 aliphatic heterocycles. The molecule has 0 spiro atoms. The van der Waals surface area contributed by atoms with Gasteiger partial charge in [0.15, 0.2) is 11.6 Å². The standard InChI is InChI=1S/C20H13Cl6N3O2/c1-2-15(30)11-3-5-13(6-4-11)31-16-8-12(19(21,22)23)7-14(20(24,25)26)17(16)18-28-9-27-10-29-18/h3-10H,2H2,1H3. The minimum Gasteiger partial charge on any atom is -0.457 e. The number of Topliss-reactive ketones (excluding diaryl/α,β-unsaturated/α-hetero) is 1. The molecule has 0 saturated heterocycles. The first-order chi connectivity index (χ1) is 14.5. The quantitative estimate of drug-likeness (QED) is 0.247. The van der Waals surface area contributed by atoms with Gasteiger partial charge < -0.3 is 4.74 Å². The van der Waals surface area contributed by atoms with Gasteiger partial charge in [0, 0.05) is 23.1 Å². The molecule has 162 valence electrons. The topological polar surface area (TPSA) is 65.0 Å². The van der Waals surface area contributed by atoms with Crippen LogP contribution in [0.15, 0.2) is 49.1 Å². The van der Waals surface area contributed by atoms with E-state index >= 15 is 0 Å². The normalized spacial score (nSPS) is 12.0. The lowest BCUT2D eigenvalue weighted by atomic mass is 10.0. The molecule has 31 heavy (non-hydrogen) atoms. The summed E-state index contributed by atoms with van der Waals surface area (Å²) in [5, 5.41) is 0. The summed E-state index contributed by atoms with van der Waals surface area (Å²) in [5.41, 5.74) is 1.21. The number of carbonyl (C=O) groups is 1. The lowest BCUT2D eigenvalue weighted by molar-refractivity contribution is 0.0988. The van der Waals surface area contributed by atoms with Gasteiger partial charge in [-0.3, -0.25) is 4.79 Å². The fourth-order valence-corrected chi connectivity index (χ4v) is 3.50. The molecule has 11 heteroatoms. The van der Waals surface area contributed by atoms with E-state index in [2.05, 4.69) is 15.0 Å². The zero-order valence-electron chi connectivity index (χ0n) is 15.8. The lowest BCUT2D eigenvalue weighted by Gasteiger charge is -2.23. The Kier molecular flexibility index (Phi) is 7.57. The zero-order valence-corrected chi connectivity index (χ0v) is 20.3. The van der Waals surface area contributed by atoms with Crippen molar-refractivity contribution in [3.63, 3.8) is 0 Å². The van der Waals surface area contributed by atoms with Crippen molar-refractivity contribution in [2.45, 2.75) is 20.9 Å². The number of halogens is 6. The van der Waals surface area contributed by atoms with E-state index in [1.165, 1.54) is 24.8 Å². The van der Waals surface area contributed by atoms with Crippen LogP contribution in [0.1, 0.15) is 34.8 Å². The van der Waals surface area contributed by atoms with Gasteiger partial charge in [-0.1, -0.05) is 76.5 Å². The van der Waals surface area contributed by atoms with Gasteiger partial charge in [-0.15, -0.1) is 0 Å². The van der Waals surface area contributed by atoms with Crippen LogP contribution in [-0.4, -0.2) is 20.7 Å². The van der Waals surface area contributed by atoms with Gasteiger partial charge in [0.25, 0.3) is 0 Å². The fourth-order valence-electron chi connectivity index (χ4n) is 2.72. The van der Waals surface area contributed by atoms with Gasteiger partial charge in [-0.05, 0) is 36.4 Å². The Bertz CT molecular complexity index is 1080. The zero-order chi connectivity index (χ0) is 22.8. The van der Waals surface area contributed by atoms with Crippen LogP contribution in [0.2, 0.25) is 0 Å². The van der Waals surface area contributed by atoms with Crippen LogP contribution in [0.25, 0.3) is 11.4 Å². The molecular weight excluding hydrogens is 527 g/mol. The van der Waals surface area contributed by atoms with E-state index in [9.17, 15) is 4.79 Å². The largest absolute Gasteiger partial charge is 0.457 e. The molecule has 0 fully saturated rings. The summed E-state index contributed by atoms with van der Waals surface area (Å²) < 4.78 is 2.31. The Morgan fingerprint density at radius 2 is 1.55 bits per heavy atom. The highest BCUT2D eigenvalue weighted by molar-refractivity contribution is 6.68. The second-order valence-electron chi connectivity index (χ2n) is 6.26. The Morgan fingerprint density at radius 1 is 0.935 bits per heavy atom. The molecule has 0 bridgehead atoms. The third-order valence-corrected chi connectivity index (χ3v) is 5.44. The van der Waals surface area contributed by atoms with E-state index in [0.29, 0.717) is 17.7 Å². The number of carbonyl (C=O) groups excluding carboxylic acids is 1. The van der Waals surface area contributed by atoms with Crippen LogP contribution < -0.4 is 4.74 Å². The number of benzene rings is 2. The molecular formula is C20H13Cl6N3O2. The number of hydrogen-bond donors (Lipinski definition) is 0. The molecule has 0 saturated carbocycles. The summed E-state index contributed by atoms with van der Waals surface area (Å²) in [7, 11) is 0. The molecule has 0 radical (unpaired) electrons. The fraction of sp³-hybridized carbons (Fsp3) is 0.200. The number of hydrogen-bond acceptors (Lipinski definition) is 5. The lowest BCUT2D eigenvalue weighted by Crippen LogP contribution is -2.10. The van der Waals surface area contributed by atoms with Gasteiger partial charge in [0.2, 0.25) is 7.59 Å². The van der Waals surface area contributed by atoms with E-state index in [1.54, 1.807) is 31.2 Å². The van der Waals surface area contributed by atoms with Crippen molar-refractivity contribution in [2.75, 3.05) is 0 Å². The van der Waals surface area contributed by atoms with E-state index in [1.807, 2.05) is 0 Å². The summed E-state index contributed by atoms with van der Waals surface area (Å²) in [6.45, 7) is 1.79. The predicted octanol–water partition coefficient (Wildman–Crippen LogP) is 7.58. The Labute approximate surface area is 208 Å². The van der Waals surface area contributed by atoms with Crippen LogP contribution >= 0.6 is 69.6 Å². The highest BCUT2D eigenvalue weighted by Crippen LogP contribution is 2.50. The molecule has 0 atom stereocenters. The average molecular weight is 540 g/mol. The molecule has 2 aromatic carbocycles. The van der Waals surface area contributed by atoms with Gasteiger partial charge in [0.05, 0.1) is 5.56 Å². The number of alkyl halides is 6. The number of nitrogens with zero attached hydrogens (tertiary/aromatic N) is 3. The summed E-state index contributed by atoms with van der Waals surface area (Å²) in [6.07, 6.45) is 2.98. The maximum Gasteiger partial charge on any atom is 0.216 e. The monoisotopic (exact) mass is 537 g/mol. The van der Waals surface area contributed by atoms with Crippen molar-refractivity contribution in [3.8, 4) is 22.9 Å². The molecule has 1 aromatic heterocycles. The van der Waals surface area contributed by atoms with Gasteiger partial charge in [0.1, 0.15) is 24.2 Å². The van der Waals surface area contributed by atoms with E-state index in [0.717, 1.165) is 0 Å². The molecule has 0 aliphatic carbocycles. The first-order valence-electron chi connectivity index (χ1n) is 8.76. The molecule has 0 aliphatic rings. The van der Waals surface area contributed by atoms with Crippen LogP contribution in [0, 0.1) is 0 Å². The molecule has 0 N–H and O–H groups in total. The molecule has 1 heterocycles. The van der Waals surface area contributed by atoms with Crippen LogP contribution in [0.5, 0.6) is 11.5 Å². The van der Waals surface area contributed by atoms with Crippen molar-refractivity contribution < 1.29 is 9.53 Å². The van der Waals surface area contributed by atoms with Crippen LogP contribution in [0.4, 0.5) is 0 Å². The first kappa shape index (κ1) is 24.3. The highest BCUT2D eigenvalue weighted by atomic mass is 35.6. The molecule has 3 rings (SSSR count). The first-order valence-corrected chi connectivity index (χ1v) is 11.0. The second kappa shape index (κ2) is 9.65. The minimum absolute atomic E-state index is 0.00844. The van der Waals surface area contributed by atoms with E-state index in [-0.39, 0.29) is 34.0 Å². The summed E-state index contributed by atoms with van der Waals surface area (Å²) in [4.78, 5) is 24.0. The minimum atomic E-state index is -1.91. The third-order valence-electron chi connectivity index (χ3n) is 4.18. The molecule has 0 unspecified atom stereocenters. The summed E-state index contributed by atoms with van der Waals surface area (Å²) >= 11 is 36.9. The van der Waals surface area contributed by atoms with Crippen LogP contribution in [-0.2, 0) is 7.59 Å². The van der Waals surface area contributed by atoms with E-state index in [4.69, 9.17) is 74.3 Å². The Balaban J connectivity index is 2.20. The number of ketones is 1. The highest BCUT2D eigenvalue weighted by Gasteiger charge is 2.34. The van der Waals surface area contributed by atoms with Gasteiger partial charge in [-0.2, -0.15) is 0 Å². The average Bonchev–Trinajstić information content (AvgIpc) is 2.72. The molecule has 0 amide bonds. The SMILES string of the molecule is CCC(=O)c1ccc(Oc2cc(C(Cl)(Cl)Cl)cc(C(Cl)(Cl)Cl)c2-c2ncncn2)cc1. The number of aromatic nitrogens is 3. The Hall–Kier alpha value is -1.34. The molecule has 3 aromatic rings. The maximum absolute atomic E-state index is 11.9. The van der Waals surface area contributed by atoms with Crippen molar-refractivity contribution in [3.05, 3.63) is 65.7 Å². The smallest absolute Gasteiger partial charge is 0.216 e. The third kappa shape index (κ3) is 5.92. The number of rotatable bonds is 5. The van der Waals surface area contributed by atoms with Crippen LogP contribution in [0.3, 0.4) is 0 Å². The van der Waals surface area contributed by atoms with Crippen molar-refractivity contribution in [1.29, 1.82) is 0 Å². The Morgan fingerprint density at radius 3 is 2.06 bits per heavy atom. The maximum atomic E-state index is 11.9. The van der Waals surface area contributed by atoms with E-state index < -0.39 is 7.59 Å². The van der Waals surface area contributed by atoms with Crippen molar-refractivity contribution in [1.82, 2.24) is 15.0 Å². The summed E-state index contributed by atoms with van der Waals surface area (Å²) in [5.74, 6) is 0.791. The van der Waals surface area contributed by atoms with Crippen molar-refractivity contribution in [2.24, 2.45) is 0 Å². The summed E-state index contributed by atoms with van der Waals surface area (Å²) in [6, 6.07) is 9.51. The predicted molar refractivity (Wildman–Crippen MR) is 125 cm³/mol.